The van der Waals surface area contributed by atoms with Crippen LogP contribution in [0.5, 0.6) is 11.5 Å². The number of aryl methyl sites for hydroxylation is 1. The highest BCUT2D eigenvalue weighted by molar-refractivity contribution is 7.52. The molecular weight excluding hydrogens is 341 g/mol. The standard InChI is InChI=1S/C18H32NO5P/c1-4-5-11-19(2,3)12-13-24-25(22,23)14-7-6-8-16-9-10-17(20)18(21)15-16/h9-10,15H,4-8,11-14H2,1-3H3,(H2-,20,21,22,23)/p+1. The van der Waals surface area contributed by atoms with Gasteiger partial charge in [-0.05, 0) is 43.4 Å². The molecule has 0 radical (unpaired) electrons. The Morgan fingerprint density at radius 2 is 1.80 bits per heavy atom. The second-order valence-corrected chi connectivity index (χ2v) is 9.19. The Bertz CT molecular complexity index is 577. The highest BCUT2D eigenvalue weighted by atomic mass is 31.2. The maximum atomic E-state index is 12.1. The predicted octanol–water partition coefficient (Wildman–Crippen LogP) is 3.50. The van der Waals surface area contributed by atoms with E-state index in [9.17, 15) is 19.7 Å². The van der Waals surface area contributed by atoms with Crippen molar-refractivity contribution in [3.05, 3.63) is 23.8 Å². The van der Waals surface area contributed by atoms with E-state index in [-0.39, 0.29) is 24.3 Å². The van der Waals surface area contributed by atoms with Crippen molar-refractivity contribution in [3.63, 3.8) is 0 Å². The topological polar surface area (TPSA) is 87.0 Å². The normalized spacial score (nSPS) is 14.4. The molecule has 0 saturated carbocycles. The zero-order valence-electron chi connectivity index (χ0n) is 15.6. The number of phenols is 2. The molecule has 0 bridgehead atoms. The summed E-state index contributed by atoms with van der Waals surface area (Å²) in [6, 6.07) is 4.70. The number of benzene rings is 1. The number of quaternary nitrogens is 1. The zero-order chi connectivity index (χ0) is 18.9. The second-order valence-electron chi connectivity index (χ2n) is 7.21. The van der Waals surface area contributed by atoms with Crippen molar-refractivity contribution in [1.82, 2.24) is 0 Å². The molecule has 144 valence electrons. The molecule has 0 heterocycles. The Balaban J connectivity index is 2.26. The summed E-state index contributed by atoms with van der Waals surface area (Å²) >= 11 is 0. The van der Waals surface area contributed by atoms with Crippen LogP contribution in [0.25, 0.3) is 0 Å². The van der Waals surface area contributed by atoms with Crippen LogP contribution in [0.15, 0.2) is 18.2 Å². The lowest BCUT2D eigenvalue weighted by Gasteiger charge is -2.29. The summed E-state index contributed by atoms with van der Waals surface area (Å²) in [5, 5.41) is 18.7. The SMILES string of the molecule is CCCC[N+](C)(C)CCOP(=O)(O)CCCCc1ccc(O)c(O)c1. The van der Waals surface area contributed by atoms with Gasteiger partial charge in [0, 0.05) is 0 Å². The van der Waals surface area contributed by atoms with E-state index in [0.717, 1.165) is 42.4 Å². The first-order valence-corrected chi connectivity index (χ1v) is 10.7. The number of likely N-dealkylation sites (N-methyl/N-ethyl adjacent to an activating group) is 1. The summed E-state index contributed by atoms with van der Waals surface area (Å²) in [5.41, 5.74) is 0.888. The van der Waals surface area contributed by atoms with Gasteiger partial charge < -0.3 is 24.1 Å². The van der Waals surface area contributed by atoms with Crippen LogP contribution in [0.1, 0.15) is 38.2 Å². The van der Waals surface area contributed by atoms with Crippen LogP contribution in [-0.4, -0.2) is 59.5 Å². The van der Waals surface area contributed by atoms with E-state index in [1.165, 1.54) is 12.1 Å². The number of hydrogen-bond donors (Lipinski definition) is 3. The molecule has 0 spiro atoms. The van der Waals surface area contributed by atoms with Crippen molar-refractivity contribution >= 4 is 7.60 Å². The largest absolute Gasteiger partial charge is 0.504 e. The van der Waals surface area contributed by atoms with Gasteiger partial charge in [-0.1, -0.05) is 19.4 Å². The summed E-state index contributed by atoms with van der Waals surface area (Å²) < 4.78 is 18.1. The predicted molar refractivity (Wildman–Crippen MR) is 100 cm³/mol. The van der Waals surface area contributed by atoms with Crippen molar-refractivity contribution in [1.29, 1.82) is 0 Å². The van der Waals surface area contributed by atoms with Crippen LogP contribution >= 0.6 is 7.60 Å². The van der Waals surface area contributed by atoms with Gasteiger partial charge in [-0.3, -0.25) is 4.57 Å². The molecule has 1 aromatic carbocycles. The lowest BCUT2D eigenvalue weighted by Crippen LogP contribution is -2.42. The number of aromatic hydroxyl groups is 2. The number of phenolic OH excluding ortho intramolecular Hbond substituents is 2. The Kier molecular flexibility index (Phi) is 8.94. The van der Waals surface area contributed by atoms with Crippen LogP contribution in [0, 0.1) is 0 Å². The fourth-order valence-corrected chi connectivity index (χ4v) is 3.68. The van der Waals surface area contributed by atoms with Crippen molar-refractivity contribution in [2.24, 2.45) is 0 Å². The van der Waals surface area contributed by atoms with Crippen molar-refractivity contribution in [2.75, 3.05) is 40.0 Å². The van der Waals surface area contributed by atoms with E-state index < -0.39 is 7.60 Å². The number of hydrogen-bond acceptors (Lipinski definition) is 4. The van der Waals surface area contributed by atoms with E-state index >= 15 is 0 Å². The van der Waals surface area contributed by atoms with Gasteiger partial charge in [-0.2, -0.15) is 0 Å². The van der Waals surface area contributed by atoms with Gasteiger partial charge in [0.25, 0.3) is 0 Å². The average molecular weight is 374 g/mol. The molecule has 1 atom stereocenters. The number of nitrogens with zero attached hydrogens (tertiary/aromatic N) is 1. The Morgan fingerprint density at radius 3 is 2.44 bits per heavy atom. The highest BCUT2D eigenvalue weighted by Crippen LogP contribution is 2.42. The molecule has 0 fully saturated rings. The van der Waals surface area contributed by atoms with Gasteiger partial charge >= 0.3 is 7.60 Å². The first-order valence-electron chi connectivity index (χ1n) is 8.94. The van der Waals surface area contributed by atoms with Crippen molar-refractivity contribution < 1.29 is 28.7 Å². The Labute approximate surface area is 151 Å². The fourth-order valence-electron chi connectivity index (χ4n) is 2.56. The zero-order valence-corrected chi connectivity index (χ0v) is 16.5. The molecule has 0 saturated heterocycles. The summed E-state index contributed by atoms with van der Waals surface area (Å²) in [6.45, 7) is 4.20. The van der Waals surface area contributed by atoms with Gasteiger partial charge in [0.1, 0.15) is 13.2 Å². The quantitative estimate of drug-likeness (QED) is 0.226. The molecule has 3 N–H and O–H groups in total. The molecular formula is C18H33NO5P+. The minimum atomic E-state index is -3.54. The molecule has 6 nitrogen and oxygen atoms in total. The number of rotatable bonds is 12. The van der Waals surface area contributed by atoms with Gasteiger partial charge in [-0.25, -0.2) is 0 Å². The molecule has 0 aromatic heterocycles. The first kappa shape index (κ1) is 22.0. The van der Waals surface area contributed by atoms with E-state index in [1.54, 1.807) is 6.07 Å². The maximum absolute atomic E-state index is 12.1. The van der Waals surface area contributed by atoms with Crippen LogP contribution < -0.4 is 0 Å². The lowest BCUT2D eigenvalue weighted by molar-refractivity contribution is -0.890. The number of unbranched alkanes of at least 4 members (excludes halogenated alkanes) is 2. The molecule has 0 aliphatic heterocycles. The summed E-state index contributed by atoms with van der Waals surface area (Å²) in [7, 11) is 0.669. The third-order valence-corrected chi connectivity index (χ3v) is 5.77. The fraction of sp³-hybridized carbons (Fsp3) is 0.667. The lowest BCUT2D eigenvalue weighted by atomic mass is 10.1. The third-order valence-electron chi connectivity index (χ3n) is 4.30. The van der Waals surface area contributed by atoms with Crippen LogP contribution in [0.3, 0.4) is 0 Å². The average Bonchev–Trinajstić information content (AvgIpc) is 2.52. The molecule has 1 rings (SSSR count). The van der Waals surface area contributed by atoms with Crippen LogP contribution in [-0.2, 0) is 15.5 Å². The van der Waals surface area contributed by atoms with E-state index in [4.69, 9.17) is 4.52 Å². The molecule has 0 amide bonds. The van der Waals surface area contributed by atoms with Gasteiger partial charge in [0.2, 0.25) is 0 Å². The highest BCUT2D eigenvalue weighted by Gasteiger charge is 2.21. The van der Waals surface area contributed by atoms with Crippen molar-refractivity contribution in [2.45, 2.75) is 39.0 Å². The summed E-state index contributed by atoms with van der Waals surface area (Å²) in [5.74, 6) is -0.283. The van der Waals surface area contributed by atoms with Crippen molar-refractivity contribution in [3.8, 4) is 11.5 Å². The van der Waals surface area contributed by atoms with Gasteiger partial charge in [0.15, 0.2) is 11.5 Å². The molecule has 1 aromatic rings. The van der Waals surface area contributed by atoms with E-state index in [1.807, 2.05) is 0 Å². The van der Waals surface area contributed by atoms with Gasteiger partial charge in [-0.15, -0.1) is 0 Å². The van der Waals surface area contributed by atoms with Crippen LogP contribution in [0.2, 0.25) is 0 Å². The van der Waals surface area contributed by atoms with Gasteiger partial charge in [0.05, 0.1) is 26.8 Å². The molecule has 7 heteroatoms. The summed E-state index contributed by atoms with van der Waals surface area (Å²) in [4.78, 5) is 9.92. The third kappa shape index (κ3) is 9.26. The molecule has 0 aliphatic carbocycles. The summed E-state index contributed by atoms with van der Waals surface area (Å²) in [6.07, 6.45) is 4.38. The monoisotopic (exact) mass is 374 g/mol. The van der Waals surface area contributed by atoms with Crippen LogP contribution in [0.4, 0.5) is 0 Å². The first-order chi connectivity index (χ1) is 11.7. The molecule has 0 aliphatic rings. The maximum Gasteiger partial charge on any atom is 0.328 e. The molecule has 1 unspecified atom stereocenters. The Morgan fingerprint density at radius 1 is 1.08 bits per heavy atom. The second kappa shape index (κ2) is 10.2. The minimum absolute atomic E-state index is 0.138. The Hall–Kier alpha value is -1.07. The smallest absolute Gasteiger partial charge is 0.328 e. The molecule has 25 heavy (non-hydrogen) atoms. The van der Waals surface area contributed by atoms with E-state index in [2.05, 4.69) is 21.0 Å². The van der Waals surface area contributed by atoms with E-state index in [0.29, 0.717) is 12.8 Å². The minimum Gasteiger partial charge on any atom is -0.504 e.